The summed E-state index contributed by atoms with van der Waals surface area (Å²) in [5.74, 6) is 1.61. The highest BCUT2D eigenvalue weighted by Crippen LogP contribution is 2.55. The summed E-state index contributed by atoms with van der Waals surface area (Å²) in [6.45, 7) is 7.89. The standard InChI is InChI=1S/C18H23NO/c1-11-3-5-13(6-4-11)16-8-15-7-14(10-20)18-17(16)12(2)9-19(15)18/h3-6,14-18,20H,2,7-10H2,1H3. The molecule has 1 aromatic carbocycles. The first kappa shape index (κ1) is 12.6. The maximum absolute atomic E-state index is 9.70. The molecule has 4 rings (SSSR count). The fourth-order valence-electron chi connectivity index (χ4n) is 4.99. The van der Waals surface area contributed by atoms with Gasteiger partial charge in [-0.05, 0) is 37.2 Å². The molecule has 4 bridgehead atoms. The number of aliphatic hydroxyl groups excluding tert-OH is 1. The SMILES string of the molecule is C=C1CN2C3CC(CO)C2C1C(c1ccc(C)cc1)C3. The second-order valence-electron chi connectivity index (χ2n) is 6.93. The maximum atomic E-state index is 9.70. The van der Waals surface area contributed by atoms with Crippen LogP contribution in [0.25, 0.3) is 0 Å². The van der Waals surface area contributed by atoms with Gasteiger partial charge in [0, 0.05) is 31.2 Å². The topological polar surface area (TPSA) is 23.5 Å². The van der Waals surface area contributed by atoms with E-state index in [9.17, 15) is 5.11 Å². The number of nitrogens with zero attached hydrogens (tertiary/aromatic N) is 1. The number of aliphatic hydroxyl groups is 1. The monoisotopic (exact) mass is 269 g/mol. The Kier molecular flexibility index (Phi) is 2.80. The van der Waals surface area contributed by atoms with Crippen molar-refractivity contribution >= 4 is 0 Å². The molecule has 2 nitrogen and oxygen atoms in total. The zero-order valence-corrected chi connectivity index (χ0v) is 12.1. The fourth-order valence-corrected chi connectivity index (χ4v) is 4.99. The van der Waals surface area contributed by atoms with Crippen LogP contribution in [-0.4, -0.2) is 35.2 Å². The van der Waals surface area contributed by atoms with Crippen LogP contribution in [0.15, 0.2) is 36.4 Å². The minimum atomic E-state index is 0.335. The van der Waals surface area contributed by atoms with E-state index in [0.29, 0.717) is 36.4 Å². The van der Waals surface area contributed by atoms with Crippen LogP contribution >= 0.6 is 0 Å². The molecule has 3 heterocycles. The molecule has 2 heteroatoms. The molecule has 106 valence electrons. The van der Waals surface area contributed by atoms with Gasteiger partial charge in [-0.15, -0.1) is 0 Å². The maximum Gasteiger partial charge on any atom is 0.0475 e. The number of aryl methyl sites for hydroxylation is 1. The second-order valence-corrected chi connectivity index (χ2v) is 6.93. The average molecular weight is 269 g/mol. The fraction of sp³-hybridized carbons (Fsp3) is 0.556. The van der Waals surface area contributed by atoms with Gasteiger partial charge < -0.3 is 5.11 Å². The third kappa shape index (κ3) is 1.64. The Balaban J connectivity index is 1.72. The van der Waals surface area contributed by atoms with Crippen LogP contribution in [0.2, 0.25) is 0 Å². The van der Waals surface area contributed by atoms with E-state index < -0.39 is 0 Å². The summed E-state index contributed by atoms with van der Waals surface area (Å²) in [5, 5.41) is 9.70. The van der Waals surface area contributed by atoms with Gasteiger partial charge in [-0.25, -0.2) is 0 Å². The van der Waals surface area contributed by atoms with Crippen molar-refractivity contribution in [1.29, 1.82) is 0 Å². The summed E-state index contributed by atoms with van der Waals surface area (Å²) in [5.41, 5.74) is 4.19. The molecular formula is C18H23NO. The lowest BCUT2D eigenvalue weighted by Crippen LogP contribution is -2.42. The second kappa shape index (κ2) is 4.44. The third-order valence-corrected chi connectivity index (χ3v) is 5.83. The Labute approximate surface area is 121 Å². The molecule has 3 aliphatic rings. The van der Waals surface area contributed by atoms with Crippen LogP contribution in [-0.2, 0) is 0 Å². The largest absolute Gasteiger partial charge is 0.396 e. The summed E-state index contributed by atoms with van der Waals surface area (Å²) in [6, 6.07) is 10.2. The van der Waals surface area contributed by atoms with E-state index in [-0.39, 0.29) is 0 Å². The first-order valence-corrected chi connectivity index (χ1v) is 7.80. The molecular weight excluding hydrogens is 246 g/mol. The summed E-state index contributed by atoms with van der Waals surface area (Å²) in [6.07, 6.45) is 2.41. The summed E-state index contributed by atoms with van der Waals surface area (Å²) >= 11 is 0. The van der Waals surface area contributed by atoms with Crippen molar-refractivity contribution in [1.82, 2.24) is 4.90 Å². The molecule has 6 unspecified atom stereocenters. The lowest BCUT2D eigenvalue weighted by Gasteiger charge is -2.38. The average Bonchev–Trinajstić information content (AvgIpc) is 2.83. The summed E-state index contributed by atoms with van der Waals surface area (Å²) in [7, 11) is 0. The highest BCUT2D eigenvalue weighted by molar-refractivity contribution is 5.34. The molecule has 20 heavy (non-hydrogen) atoms. The number of piperidine rings is 1. The van der Waals surface area contributed by atoms with Crippen molar-refractivity contribution in [2.75, 3.05) is 13.2 Å². The van der Waals surface area contributed by atoms with Crippen molar-refractivity contribution in [3.63, 3.8) is 0 Å². The van der Waals surface area contributed by atoms with E-state index in [1.165, 1.54) is 29.5 Å². The number of benzene rings is 1. The van der Waals surface area contributed by atoms with Gasteiger partial charge in [0.25, 0.3) is 0 Å². The quantitative estimate of drug-likeness (QED) is 0.835. The lowest BCUT2D eigenvalue weighted by atomic mass is 9.75. The number of hydrogen-bond donors (Lipinski definition) is 1. The Morgan fingerprint density at radius 2 is 2.00 bits per heavy atom. The zero-order chi connectivity index (χ0) is 13.9. The highest BCUT2D eigenvalue weighted by Gasteiger charge is 2.56. The van der Waals surface area contributed by atoms with Gasteiger partial charge in [-0.3, -0.25) is 4.90 Å². The predicted octanol–water partition coefficient (Wildman–Crippen LogP) is 2.72. The van der Waals surface area contributed by atoms with E-state index >= 15 is 0 Å². The van der Waals surface area contributed by atoms with Crippen LogP contribution < -0.4 is 0 Å². The predicted molar refractivity (Wildman–Crippen MR) is 80.6 cm³/mol. The molecule has 6 atom stereocenters. The molecule has 0 radical (unpaired) electrons. The number of hydrogen-bond acceptors (Lipinski definition) is 2. The van der Waals surface area contributed by atoms with E-state index in [4.69, 9.17) is 0 Å². The molecule has 0 amide bonds. The summed E-state index contributed by atoms with van der Waals surface area (Å²) in [4.78, 5) is 2.62. The first-order valence-electron chi connectivity index (χ1n) is 7.80. The van der Waals surface area contributed by atoms with Gasteiger partial charge in [-0.2, -0.15) is 0 Å². The van der Waals surface area contributed by atoms with Crippen molar-refractivity contribution in [2.45, 2.75) is 37.8 Å². The van der Waals surface area contributed by atoms with E-state index in [0.717, 1.165) is 6.54 Å². The van der Waals surface area contributed by atoms with Crippen LogP contribution in [0, 0.1) is 18.8 Å². The van der Waals surface area contributed by atoms with Gasteiger partial charge >= 0.3 is 0 Å². The van der Waals surface area contributed by atoms with Gasteiger partial charge in [0.1, 0.15) is 0 Å². The van der Waals surface area contributed by atoms with Crippen molar-refractivity contribution in [3.05, 3.63) is 47.5 Å². The van der Waals surface area contributed by atoms with Gasteiger partial charge in [0.15, 0.2) is 0 Å². The lowest BCUT2D eigenvalue weighted by molar-refractivity contribution is 0.119. The Morgan fingerprint density at radius 1 is 1.25 bits per heavy atom. The van der Waals surface area contributed by atoms with Crippen molar-refractivity contribution in [3.8, 4) is 0 Å². The summed E-state index contributed by atoms with van der Waals surface area (Å²) < 4.78 is 0. The van der Waals surface area contributed by atoms with E-state index in [1.807, 2.05) is 0 Å². The Bertz CT molecular complexity index is 535. The molecule has 3 saturated heterocycles. The van der Waals surface area contributed by atoms with E-state index in [2.05, 4.69) is 42.7 Å². The molecule has 3 aliphatic heterocycles. The number of rotatable bonds is 2. The molecule has 3 fully saturated rings. The molecule has 0 aliphatic carbocycles. The van der Waals surface area contributed by atoms with E-state index in [1.54, 1.807) is 0 Å². The van der Waals surface area contributed by atoms with Crippen LogP contribution in [0.1, 0.15) is 29.9 Å². The molecule has 0 spiro atoms. The Morgan fingerprint density at radius 3 is 2.70 bits per heavy atom. The minimum Gasteiger partial charge on any atom is -0.396 e. The molecule has 0 saturated carbocycles. The highest BCUT2D eigenvalue weighted by atomic mass is 16.3. The van der Waals surface area contributed by atoms with Crippen LogP contribution in [0.4, 0.5) is 0 Å². The smallest absolute Gasteiger partial charge is 0.0475 e. The molecule has 1 N–H and O–H groups in total. The zero-order valence-electron chi connectivity index (χ0n) is 12.1. The van der Waals surface area contributed by atoms with Gasteiger partial charge in [0.2, 0.25) is 0 Å². The van der Waals surface area contributed by atoms with Crippen LogP contribution in [0.3, 0.4) is 0 Å². The van der Waals surface area contributed by atoms with Gasteiger partial charge in [0.05, 0.1) is 0 Å². The molecule has 1 aromatic rings. The minimum absolute atomic E-state index is 0.335. The normalized spacial score (nSPS) is 42.2. The van der Waals surface area contributed by atoms with Crippen molar-refractivity contribution in [2.24, 2.45) is 11.8 Å². The Hall–Kier alpha value is -1.12. The van der Waals surface area contributed by atoms with Gasteiger partial charge in [-0.1, -0.05) is 42.0 Å². The van der Waals surface area contributed by atoms with Crippen molar-refractivity contribution < 1.29 is 5.11 Å². The molecule has 0 aromatic heterocycles. The first-order chi connectivity index (χ1) is 9.69. The van der Waals surface area contributed by atoms with Crippen LogP contribution in [0.5, 0.6) is 0 Å². The third-order valence-electron chi connectivity index (χ3n) is 5.83.